The lowest BCUT2D eigenvalue weighted by molar-refractivity contribution is -0.142. The van der Waals surface area contributed by atoms with E-state index in [0.717, 1.165) is 12.8 Å². The van der Waals surface area contributed by atoms with E-state index in [1.54, 1.807) is 0 Å². The third kappa shape index (κ3) is 3.78. The molecule has 23 heavy (non-hydrogen) atoms. The van der Waals surface area contributed by atoms with Crippen LogP contribution in [-0.4, -0.2) is 25.2 Å². The quantitative estimate of drug-likeness (QED) is 0.569. The minimum Gasteiger partial charge on any atom is -0.466 e. The van der Waals surface area contributed by atoms with E-state index in [-0.39, 0.29) is 22.8 Å². The first kappa shape index (κ1) is 18.0. The summed E-state index contributed by atoms with van der Waals surface area (Å²) in [7, 11) is 0. The van der Waals surface area contributed by atoms with E-state index in [0.29, 0.717) is 25.0 Å². The summed E-state index contributed by atoms with van der Waals surface area (Å²) in [6, 6.07) is 0. The molecule has 130 valence electrons. The molecule has 2 bridgehead atoms. The van der Waals surface area contributed by atoms with E-state index >= 15 is 0 Å². The molecular formula is C19H30O4. The smallest absolute Gasteiger partial charge is 0.302 e. The average Bonchev–Trinajstić information content (AvgIpc) is 2.64. The van der Waals surface area contributed by atoms with Crippen molar-refractivity contribution in [2.75, 3.05) is 13.2 Å². The molecule has 0 aromatic rings. The minimum absolute atomic E-state index is 0.0357. The molecule has 0 aromatic carbocycles. The highest BCUT2D eigenvalue weighted by atomic mass is 16.5. The largest absolute Gasteiger partial charge is 0.466 e. The summed E-state index contributed by atoms with van der Waals surface area (Å²) < 4.78 is 10.5. The van der Waals surface area contributed by atoms with Gasteiger partial charge in [0.1, 0.15) is 6.61 Å². The van der Waals surface area contributed by atoms with Crippen molar-refractivity contribution in [2.24, 2.45) is 22.7 Å². The Morgan fingerprint density at radius 1 is 1.13 bits per heavy atom. The fraction of sp³-hybridized carbons (Fsp3) is 0.789. The molecule has 2 rings (SSSR count). The molecule has 0 aromatic heterocycles. The summed E-state index contributed by atoms with van der Waals surface area (Å²) in [5.41, 5.74) is 1.50. The first-order chi connectivity index (χ1) is 10.7. The average molecular weight is 322 g/mol. The molecule has 0 aliphatic heterocycles. The fourth-order valence-electron chi connectivity index (χ4n) is 4.57. The van der Waals surface area contributed by atoms with Gasteiger partial charge >= 0.3 is 11.9 Å². The maximum Gasteiger partial charge on any atom is 0.302 e. The lowest BCUT2D eigenvalue weighted by atomic mass is 9.66. The van der Waals surface area contributed by atoms with Crippen LogP contribution in [0.1, 0.15) is 60.3 Å². The summed E-state index contributed by atoms with van der Waals surface area (Å²) in [6.45, 7) is 10.7. The van der Waals surface area contributed by atoms with E-state index in [1.165, 1.54) is 32.3 Å². The van der Waals surface area contributed by atoms with E-state index in [9.17, 15) is 9.59 Å². The Kier molecular flexibility index (Phi) is 5.22. The third-order valence-electron chi connectivity index (χ3n) is 5.95. The molecule has 4 nitrogen and oxygen atoms in total. The Bertz CT molecular complexity index is 505. The summed E-state index contributed by atoms with van der Waals surface area (Å²) in [6.07, 6.45) is 6.70. The van der Waals surface area contributed by atoms with Gasteiger partial charge in [-0.3, -0.25) is 9.59 Å². The van der Waals surface area contributed by atoms with Gasteiger partial charge in [0.2, 0.25) is 0 Å². The maximum absolute atomic E-state index is 11.2. The summed E-state index contributed by atoms with van der Waals surface area (Å²) >= 11 is 0. The Morgan fingerprint density at radius 3 is 2.39 bits per heavy atom. The van der Waals surface area contributed by atoms with E-state index in [4.69, 9.17) is 9.47 Å². The molecule has 3 atom stereocenters. The SMILES string of the molecule is CC(=O)OCC[C@H]1[C@H]2C=C(COC(C)=O)[C@]1(C)CCCC2(C)C. The van der Waals surface area contributed by atoms with Crippen LogP contribution in [0.3, 0.4) is 0 Å². The number of allylic oxidation sites excluding steroid dienone is 1. The molecule has 1 saturated carbocycles. The van der Waals surface area contributed by atoms with Crippen molar-refractivity contribution in [1.82, 2.24) is 0 Å². The number of rotatable bonds is 5. The predicted molar refractivity (Wildman–Crippen MR) is 88.7 cm³/mol. The van der Waals surface area contributed by atoms with Crippen LogP contribution in [0, 0.1) is 22.7 Å². The molecule has 2 aliphatic rings. The van der Waals surface area contributed by atoms with Crippen molar-refractivity contribution in [3.63, 3.8) is 0 Å². The van der Waals surface area contributed by atoms with Crippen LogP contribution in [-0.2, 0) is 19.1 Å². The molecule has 0 radical (unpaired) electrons. The molecule has 0 heterocycles. The first-order valence-electron chi connectivity index (χ1n) is 8.65. The zero-order valence-corrected chi connectivity index (χ0v) is 15.1. The Labute approximate surface area is 139 Å². The molecule has 0 unspecified atom stereocenters. The normalized spacial score (nSPS) is 32.0. The molecule has 4 heteroatoms. The zero-order chi connectivity index (χ0) is 17.3. The fourth-order valence-corrected chi connectivity index (χ4v) is 4.57. The minimum atomic E-state index is -0.232. The number of hydrogen-bond acceptors (Lipinski definition) is 4. The topological polar surface area (TPSA) is 52.6 Å². The van der Waals surface area contributed by atoms with Crippen molar-refractivity contribution >= 4 is 11.9 Å². The molecule has 0 saturated heterocycles. The lowest BCUT2D eigenvalue weighted by Crippen LogP contribution is -2.33. The van der Waals surface area contributed by atoms with Gasteiger partial charge in [0.25, 0.3) is 0 Å². The van der Waals surface area contributed by atoms with Crippen molar-refractivity contribution < 1.29 is 19.1 Å². The van der Waals surface area contributed by atoms with Gasteiger partial charge in [0, 0.05) is 13.8 Å². The number of hydrogen-bond donors (Lipinski definition) is 0. The highest BCUT2D eigenvalue weighted by Crippen LogP contribution is 2.60. The van der Waals surface area contributed by atoms with Crippen LogP contribution >= 0.6 is 0 Å². The van der Waals surface area contributed by atoms with E-state index in [2.05, 4.69) is 26.8 Å². The molecule has 1 fully saturated rings. The van der Waals surface area contributed by atoms with Gasteiger partial charge in [-0.05, 0) is 47.5 Å². The number of carbonyl (C=O) groups excluding carboxylic acids is 2. The zero-order valence-electron chi connectivity index (χ0n) is 15.1. The van der Waals surface area contributed by atoms with Gasteiger partial charge in [0.05, 0.1) is 6.61 Å². The van der Waals surface area contributed by atoms with Crippen LogP contribution in [0.5, 0.6) is 0 Å². The highest BCUT2D eigenvalue weighted by molar-refractivity contribution is 5.66. The van der Waals surface area contributed by atoms with E-state index < -0.39 is 0 Å². The van der Waals surface area contributed by atoms with Gasteiger partial charge < -0.3 is 9.47 Å². The van der Waals surface area contributed by atoms with Crippen LogP contribution in [0.15, 0.2) is 11.6 Å². The van der Waals surface area contributed by atoms with Crippen molar-refractivity contribution in [2.45, 2.75) is 60.3 Å². The Morgan fingerprint density at radius 2 is 1.78 bits per heavy atom. The Hall–Kier alpha value is -1.32. The van der Waals surface area contributed by atoms with Gasteiger partial charge in [-0.1, -0.05) is 33.3 Å². The molecule has 2 aliphatic carbocycles. The highest BCUT2D eigenvalue weighted by Gasteiger charge is 2.52. The summed E-state index contributed by atoms with van der Waals surface area (Å²) in [4.78, 5) is 22.3. The van der Waals surface area contributed by atoms with Crippen molar-refractivity contribution in [3.05, 3.63) is 11.6 Å². The maximum atomic E-state index is 11.2. The number of fused-ring (bicyclic) bond motifs is 2. The number of esters is 2. The Balaban J connectivity index is 2.23. The molecule has 0 amide bonds. The standard InChI is InChI=1S/C19H30O4/c1-13(20)22-10-7-16-17-11-15(12-23-14(2)21)19(16,5)9-6-8-18(17,3)4/h11,16-17H,6-10,12H2,1-5H3/t16-,17+,19-/m0/s1. The van der Waals surface area contributed by atoms with E-state index in [1.807, 2.05) is 0 Å². The second kappa shape index (κ2) is 6.66. The second-order valence-corrected chi connectivity index (χ2v) is 7.99. The lowest BCUT2D eigenvalue weighted by Gasteiger charge is -2.38. The van der Waals surface area contributed by atoms with Gasteiger partial charge in [-0.2, -0.15) is 0 Å². The molecule has 0 N–H and O–H groups in total. The summed E-state index contributed by atoms with van der Waals surface area (Å²) in [5, 5.41) is 0. The molecule has 0 spiro atoms. The van der Waals surface area contributed by atoms with Crippen LogP contribution in [0.25, 0.3) is 0 Å². The van der Waals surface area contributed by atoms with Crippen molar-refractivity contribution in [1.29, 1.82) is 0 Å². The molecular weight excluding hydrogens is 292 g/mol. The second-order valence-electron chi connectivity index (χ2n) is 7.99. The number of carbonyl (C=O) groups is 2. The predicted octanol–water partition coefficient (Wildman–Crippen LogP) is 3.89. The van der Waals surface area contributed by atoms with Gasteiger partial charge in [-0.15, -0.1) is 0 Å². The monoisotopic (exact) mass is 322 g/mol. The van der Waals surface area contributed by atoms with Gasteiger partial charge in [0.15, 0.2) is 0 Å². The van der Waals surface area contributed by atoms with Crippen molar-refractivity contribution in [3.8, 4) is 0 Å². The van der Waals surface area contributed by atoms with Gasteiger partial charge in [-0.25, -0.2) is 0 Å². The van der Waals surface area contributed by atoms with Crippen LogP contribution in [0.2, 0.25) is 0 Å². The summed E-state index contributed by atoms with van der Waals surface area (Å²) in [5.74, 6) is 0.425. The number of ether oxygens (including phenoxy) is 2. The first-order valence-corrected chi connectivity index (χ1v) is 8.65. The third-order valence-corrected chi connectivity index (χ3v) is 5.95. The van der Waals surface area contributed by atoms with Crippen LogP contribution < -0.4 is 0 Å². The van der Waals surface area contributed by atoms with Crippen LogP contribution in [0.4, 0.5) is 0 Å².